The number of nitrogens with two attached hydrogens (primary N) is 1. The zero-order chi connectivity index (χ0) is 18.4. The van der Waals surface area contributed by atoms with Crippen LogP contribution in [0.4, 0.5) is 11.6 Å². The van der Waals surface area contributed by atoms with Crippen LogP contribution in [0.1, 0.15) is 36.0 Å². The van der Waals surface area contributed by atoms with Crippen molar-refractivity contribution in [3.63, 3.8) is 0 Å². The van der Waals surface area contributed by atoms with Gasteiger partial charge in [-0.15, -0.1) is 0 Å². The van der Waals surface area contributed by atoms with Crippen LogP contribution in [-0.4, -0.2) is 44.0 Å². The number of nitrogens with one attached hydrogen (secondary N) is 2. The maximum atomic E-state index is 11.9. The molecule has 2 aliphatic heterocycles. The van der Waals surface area contributed by atoms with Crippen molar-refractivity contribution < 1.29 is 4.79 Å². The van der Waals surface area contributed by atoms with E-state index in [9.17, 15) is 4.79 Å². The zero-order valence-electron chi connectivity index (χ0n) is 14.8. The van der Waals surface area contributed by atoms with Crippen LogP contribution >= 0.6 is 0 Å². The summed E-state index contributed by atoms with van der Waals surface area (Å²) >= 11 is 0. The van der Waals surface area contributed by atoms with Crippen LogP contribution in [0.15, 0.2) is 36.9 Å². The molecule has 3 atom stereocenters. The molecule has 3 aromatic rings. The van der Waals surface area contributed by atoms with E-state index in [-0.39, 0.29) is 6.04 Å². The third kappa shape index (κ3) is 2.68. The number of fused-ring (bicyclic) bond motifs is 3. The van der Waals surface area contributed by atoms with Gasteiger partial charge in [-0.05, 0) is 37.8 Å². The molecule has 8 heteroatoms. The Labute approximate surface area is 156 Å². The second-order valence-electron chi connectivity index (χ2n) is 7.30. The number of pyridine rings is 1. The largest absolute Gasteiger partial charge is 0.381 e. The minimum atomic E-state index is -0.466. The lowest BCUT2D eigenvalue weighted by molar-refractivity contribution is 0.100. The Morgan fingerprint density at radius 3 is 2.63 bits per heavy atom. The Hall–Kier alpha value is -3.16. The monoisotopic (exact) mass is 363 g/mol. The van der Waals surface area contributed by atoms with Crippen molar-refractivity contribution in [1.82, 2.24) is 19.9 Å². The van der Waals surface area contributed by atoms with Crippen molar-refractivity contribution in [2.75, 3.05) is 10.2 Å². The van der Waals surface area contributed by atoms with Gasteiger partial charge in [0.05, 0.1) is 11.3 Å². The van der Waals surface area contributed by atoms with Crippen molar-refractivity contribution in [3.05, 3.63) is 42.5 Å². The number of aromatic nitrogens is 4. The van der Waals surface area contributed by atoms with E-state index >= 15 is 0 Å². The summed E-state index contributed by atoms with van der Waals surface area (Å²) in [5.41, 5.74) is 7.55. The molecule has 2 bridgehead atoms. The third-order valence-corrected chi connectivity index (χ3v) is 5.72. The number of carbonyl (C=O) groups is 1. The molecule has 1 unspecified atom stereocenters. The molecule has 4 N–H and O–H groups in total. The average Bonchev–Trinajstić information content (AvgIpc) is 3.25. The predicted molar refractivity (Wildman–Crippen MR) is 103 cm³/mol. The highest BCUT2D eigenvalue weighted by Crippen LogP contribution is 2.39. The van der Waals surface area contributed by atoms with Gasteiger partial charge in [-0.2, -0.15) is 0 Å². The summed E-state index contributed by atoms with van der Waals surface area (Å²) in [4.78, 5) is 30.6. The Balaban J connectivity index is 1.43. The molecule has 2 saturated heterocycles. The molecule has 2 fully saturated rings. The lowest BCUT2D eigenvalue weighted by atomic mass is 9.96. The number of hydrogen-bond acceptors (Lipinski definition) is 6. The van der Waals surface area contributed by atoms with Crippen molar-refractivity contribution in [3.8, 4) is 0 Å². The molecule has 5 rings (SSSR count). The molecule has 5 heterocycles. The van der Waals surface area contributed by atoms with Gasteiger partial charge in [-0.1, -0.05) is 0 Å². The minimum absolute atomic E-state index is 0.265. The second-order valence-corrected chi connectivity index (χ2v) is 7.30. The standard InChI is InChI=1S/C19H21N7O/c20-17(27)15-10-24-18-14(4-7-21-18)16(15)25-11-8-12-2-3-13(9-11)26(12)19-22-5-1-6-23-19/h1,4-7,10-13H,2-3,8-9H2,(H2,20,27)(H2,21,24,25)/t11?,12-,13+. The van der Waals surface area contributed by atoms with Gasteiger partial charge in [0.25, 0.3) is 5.91 Å². The molecule has 3 aromatic heterocycles. The molecule has 1 amide bonds. The molecule has 8 nitrogen and oxygen atoms in total. The Kier molecular flexibility index (Phi) is 3.70. The van der Waals surface area contributed by atoms with Crippen LogP contribution in [0.5, 0.6) is 0 Å². The Bertz CT molecular complexity index is 972. The Morgan fingerprint density at radius 1 is 1.19 bits per heavy atom. The summed E-state index contributed by atoms with van der Waals surface area (Å²) in [6.07, 6.45) is 11.2. The average molecular weight is 363 g/mol. The van der Waals surface area contributed by atoms with Crippen LogP contribution in [0, 0.1) is 0 Å². The quantitative estimate of drug-likeness (QED) is 0.654. The number of hydrogen-bond donors (Lipinski definition) is 3. The van der Waals surface area contributed by atoms with Crippen LogP contribution < -0.4 is 16.0 Å². The maximum absolute atomic E-state index is 11.9. The van der Waals surface area contributed by atoms with Gasteiger partial charge in [0.1, 0.15) is 5.65 Å². The number of amides is 1. The number of piperidine rings is 1. The van der Waals surface area contributed by atoms with Crippen LogP contribution in [0.3, 0.4) is 0 Å². The predicted octanol–water partition coefficient (Wildman–Crippen LogP) is 2.06. The normalized spacial score (nSPS) is 24.3. The minimum Gasteiger partial charge on any atom is -0.381 e. The first-order chi connectivity index (χ1) is 13.2. The van der Waals surface area contributed by atoms with E-state index in [1.807, 2.05) is 18.3 Å². The highest BCUT2D eigenvalue weighted by Gasteiger charge is 2.42. The number of carbonyl (C=O) groups excluding carboxylic acids is 1. The van der Waals surface area contributed by atoms with Gasteiger partial charge in [-0.3, -0.25) is 4.79 Å². The first-order valence-electron chi connectivity index (χ1n) is 9.28. The maximum Gasteiger partial charge on any atom is 0.252 e. The van der Waals surface area contributed by atoms with Crippen molar-refractivity contribution in [1.29, 1.82) is 0 Å². The molecule has 0 spiro atoms. The molecule has 0 saturated carbocycles. The molecule has 0 aliphatic carbocycles. The summed E-state index contributed by atoms with van der Waals surface area (Å²) in [7, 11) is 0. The zero-order valence-corrected chi connectivity index (χ0v) is 14.8. The smallest absolute Gasteiger partial charge is 0.252 e. The molecular formula is C19H21N7O. The van der Waals surface area contributed by atoms with E-state index in [1.165, 1.54) is 0 Å². The van der Waals surface area contributed by atoms with E-state index in [4.69, 9.17) is 5.73 Å². The summed E-state index contributed by atoms with van der Waals surface area (Å²) in [6, 6.07) is 4.85. The van der Waals surface area contributed by atoms with Crippen molar-refractivity contribution >= 4 is 28.6 Å². The van der Waals surface area contributed by atoms with Crippen molar-refractivity contribution in [2.45, 2.75) is 43.8 Å². The fourth-order valence-electron chi connectivity index (χ4n) is 4.60. The molecule has 0 aromatic carbocycles. The summed E-state index contributed by atoms with van der Waals surface area (Å²) in [6.45, 7) is 0. The number of primary amides is 1. The van der Waals surface area contributed by atoms with E-state index in [1.54, 1.807) is 18.6 Å². The number of nitrogens with zero attached hydrogens (tertiary/aromatic N) is 4. The van der Waals surface area contributed by atoms with E-state index in [2.05, 4.69) is 30.2 Å². The van der Waals surface area contributed by atoms with Gasteiger partial charge in [0.15, 0.2) is 0 Å². The number of H-pyrrole nitrogens is 1. The molecule has 0 radical (unpaired) electrons. The fourth-order valence-corrected chi connectivity index (χ4v) is 4.60. The summed E-state index contributed by atoms with van der Waals surface area (Å²) in [5, 5.41) is 4.50. The lowest BCUT2D eigenvalue weighted by Crippen LogP contribution is -2.47. The number of rotatable bonds is 4. The molecule has 138 valence electrons. The summed E-state index contributed by atoms with van der Waals surface area (Å²) < 4.78 is 0. The van der Waals surface area contributed by atoms with Crippen LogP contribution in [-0.2, 0) is 0 Å². The van der Waals surface area contributed by atoms with E-state index in [0.717, 1.165) is 48.4 Å². The summed E-state index contributed by atoms with van der Waals surface area (Å²) in [5.74, 6) is 0.351. The SMILES string of the molecule is NC(=O)c1cnc2[nH]ccc2c1NC1C[C@H]2CC[C@@H](C1)N2c1ncccn1. The Morgan fingerprint density at radius 2 is 1.93 bits per heavy atom. The number of anilines is 2. The van der Waals surface area contributed by atoms with Crippen molar-refractivity contribution in [2.24, 2.45) is 5.73 Å². The fraction of sp³-hybridized carbons (Fsp3) is 0.368. The first kappa shape index (κ1) is 16.0. The van der Waals surface area contributed by atoms with Gasteiger partial charge in [-0.25, -0.2) is 15.0 Å². The highest BCUT2D eigenvalue weighted by molar-refractivity contribution is 6.05. The van der Waals surface area contributed by atoms with E-state index < -0.39 is 5.91 Å². The highest BCUT2D eigenvalue weighted by atomic mass is 16.1. The second kappa shape index (κ2) is 6.22. The topological polar surface area (TPSA) is 113 Å². The number of aromatic amines is 1. The van der Waals surface area contributed by atoms with E-state index in [0.29, 0.717) is 17.6 Å². The molecule has 2 aliphatic rings. The third-order valence-electron chi connectivity index (χ3n) is 5.72. The first-order valence-corrected chi connectivity index (χ1v) is 9.28. The van der Waals surface area contributed by atoms with Gasteiger partial charge in [0, 0.05) is 48.3 Å². The van der Waals surface area contributed by atoms with Crippen LogP contribution in [0.2, 0.25) is 0 Å². The van der Waals surface area contributed by atoms with Gasteiger partial charge < -0.3 is 20.9 Å². The lowest BCUT2D eigenvalue weighted by Gasteiger charge is -2.39. The van der Waals surface area contributed by atoms with Gasteiger partial charge in [0.2, 0.25) is 5.95 Å². The molecular weight excluding hydrogens is 342 g/mol. The van der Waals surface area contributed by atoms with Gasteiger partial charge >= 0.3 is 0 Å². The molecule has 27 heavy (non-hydrogen) atoms. The van der Waals surface area contributed by atoms with Crippen LogP contribution in [0.25, 0.3) is 11.0 Å².